The van der Waals surface area contributed by atoms with Crippen LogP contribution >= 0.6 is 23.2 Å². The van der Waals surface area contributed by atoms with E-state index in [-0.39, 0.29) is 11.5 Å². The summed E-state index contributed by atoms with van der Waals surface area (Å²) < 4.78 is 20.0. The lowest BCUT2D eigenvalue weighted by Crippen LogP contribution is -2.10. The first-order valence-corrected chi connectivity index (χ1v) is 8.30. The molecule has 0 radical (unpaired) electrons. The maximum atomic E-state index is 14.1. The highest BCUT2D eigenvalue weighted by atomic mass is 35.5. The van der Waals surface area contributed by atoms with Crippen molar-refractivity contribution in [1.29, 1.82) is 0 Å². The van der Waals surface area contributed by atoms with Crippen LogP contribution in [-0.4, -0.2) is 11.1 Å². The van der Waals surface area contributed by atoms with Gasteiger partial charge in [-0.05, 0) is 61.1 Å². The van der Waals surface area contributed by atoms with Gasteiger partial charge in [-0.15, -0.1) is 0 Å². The lowest BCUT2D eigenvalue weighted by molar-refractivity contribution is 0.0691. The Morgan fingerprint density at radius 1 is 1.25 bits per heavy atom. The zero-order valence-corrected chi connectivity index (χ0v) is 14.4. The molecule has 0 spiro atoms. The Morgan fingerprint density at radius 2 is 1.96 bits per heavy atom. The molecule has 126 valence electrons. The number of carboxylic acids is 1. The molecular formula is C18H15Cl2FO3. The molecule has 1 aliphatic rings. The minimum absolute atomic E-state index is 0.263. The third-order valence-electron chi connectivity index (χ3n) is 4.06. The largest absolute Gasteiger partial charge is 0.486 e. The SMILES string of the molecule is C[C@@H](Oc1ccc(Cl)c(Cl)c1)c1cc(F)c(C(=O)O)cc1C1CC1. The quantitative estimate of drug-likeness (QED) is 0.719. The van der Waals surface area contributed by atoms with Crippen LogP contribution in [0.4, 0.5) is 4.39 Å². The van der Waals surface area contributed by atoms with Crippen molar-refractivity contribution in [1.82, 2.24) is 0 Å². The minimum Gasteiger partial charge on any atom is -0.486 e. The van der Waals surface area contributed by atoms with Crippen molar-refractivity contribution in [2.24, 2.45) is 0 Å². The predicted octanol–water partition coefficient (Wildman–Crippen LogP) is 5.85. The average Bonchev–Trinajstić information content (AvgIpc) is 3.35. The van der Waals surface area contributed by atoms with Crippen molar-refractivity contribution in [3.05, 3.63) is 62.9 Å². The highest BCUT2D eigenvalue weighted by Gasteiger charge is 2.30. The molecule has 1 atom stereocenters. The molecule has 6 heteroatoms. The fourth-order valence-corrected chi connectivity index (χ4v) is 2.98. The molecule has 0 heterocycles. The molecule has 24 heavy (non-hydrogen) atoms. The monoisotopic (exact) mass is 368 g/mol. The predicted molar refractivity (Wildman–Crippen MR) is 90.8 cm³/mol. The van der Waals surface area contributed by atoms with E-state index in [1.54, 1.807) is 25.1 Å². The Hall–Kier alpha value is -1.78. The van der Waals surface area contributed by atoms with Crippen molar-refractivity contribution < 1.29 is 19.0 Å². The van der Waals surface area contributed by atoms with Crippen molar-refractivity contribution >= 4 is 29.2 Å². The summed E-state index contributed by atoms with van der Waals surface area (Å²) in [7, 11) is 0. The van der Waals surface area contributed by atoms with E-state index in [0.29, 0.717) is 21.4 Å². The maximum absolute atomic E-state index is 14.1. The summed E-state index contributed by atoms with van der Waals surface area (Å²) in [5.41, 5.74) is 1.19. The Labute approximate surface area is 149 Å². The van der Waals surface area contributed by atoms with Gasteiger partial charge in [0.1, 0.15) is 17.7 Å². The third kappa shape index (κ3) is 3.50. The number of benzene rings is 2. The lowest BCUT2D eigenvalue weighted by atomic mass is 9.96. The van der Waals surface area contributed by atoms with Crippen LogP contribution in [0.5, 0.6) is 5.75 Å². The molecule has 2 aromatic rings. The molecule has 0 aromatic heterocycles. The highest BCUT2D eigenvalue weighted by Crippen LogP contribution is 2.44. The minimum atomic E-state index is -1.26. The molecule has 0 bridgehead atoms. The maximum Gasteiger partial charge on any atom is 0.338 e. The van der Waals surface area contributed by atoms with Crippen molar-refractivity contribution in [3.8, 4) is 5.75 Å². The summed E-state index contributed by atoms with van der Waals surface area (Å²) in [6, 6.07) is 7.60. The molecule has 3 nitrogen and oxygen atoms in total. The van der Waals surface area contributed by atoms with Crippen molar-refractivity contribution in [2.75, 3.05) is 0 Å². The van der Waals surface area contributed by atoms with E-state index in [4.69, 9.17) is 33.0 Å². The van der Waals surface area contributed by atoms with Crippen LogP contribution < -0.4 is 4.74 Å². The number of rotatable bonds is 5. The van der Waals surface area contributed by atoms with Crippen LogP contribution in [0.25, 0.3) is 0 Å². The van der Waals surface area contributed by atoms with E-state index >= 15 is 0 Å². The first-order chi connectivity index (χ1) is 11.4. The van der Waals surface area contributed by atoms with Gasteiger partial charge in [-0.3, -0.25) is 0 Å². The second-order valence-electron chi connectivity index (χ2n) is 5.88. The number of ether oxygens (including phenoxy) is 1. The Kier molecular flexibility index (Phi) is 4.70. The normalized spacial score (nSPS) is 15.2. The summed E-state index contributed by atoms with van der Waals surface area (Å²) in [5.74, 6) is -1.24. The molecule has 3 rings (SSSR count). The molecule has 2 aromatic carbocycles. The Morgan fingerprint density at radius 3 is 2.54 bits per heavy atom. The number of carboxylic acid groups (broad SMARTS) is 1. The van der Waals surface area contributed by atoms with E-state index in [9.17, 15) is 9.18 Å². The van der Waals surface area contributed by atoms with Crippen LogP contribution in [0.3, 0.4) is 0 Å². The summed E-state index contributed by atoms with van der Waals surface area (Å²) in [6.45, 7) is 1.80. The topological polar surface area (TPSA) is 46.5 Å². The number of hydrogen-bond donors (Lipinski definition) is 1. The number of aromatic carboxylic acids is 1. The summed E-state index contributed by atoms with van der Waals surface area (Å²) >= 11 is 11.9. The standard InChI is InChI=1S/C18H15Cl2FO3/c1-9(24-11-4-5-15(19)16(20)6-11)12-8-17(21)14(18(22)23)7-13(12)10-2-3-10/h4-10H,2-3H2,1H3,(H,22,23)/t9-/m1/s1. The molecule has 1 N–H and O–H groups in total. The van der Waals surface area contributed by atoms with Gasteiger partial charge in [0.15, 0.2) is 0 Å². The van der Waals surface area contributed by atoms with Crippen LogP contribution in [0.15, 0.2) is 30.3 Å². The highest BCUT2D eigenvalue weighted by molar-refractivity contribution is 6.42. The van der Waals surface area contributed by atoms with Crippen LogP contribution in [0.1, 0.15) is 53.3 Å². The molecule has 0 unspecified atom stereocenters. The number of hydrogen-bond acceptors (Lipinski definition) is 2. The van der Waals surface area contributed by atoms with Gasteiger partial charge in [-0.2, -0.15) is 0 Å². The summed E-state index contributed by atoms with van der Waals surface area (Å²) in [4.78, 5) is 11.2. The third-order valence-corrected chi connectivity index (χ3v) is 4.80. The van der Waals surface area contributed by atoms with Gasteiger partial charge in [0.25, 0.3) is 0 Å². The van der Waals surface area contributed by atoms with Crippen molar-refractivity contribution in [3.63, 3.8) is 0 Å². The molecule has 1 saturated carbocycles. The van der Waals surface area contributed by atoms with Crippen molar-refractivity contribution in [2.45, 2.75) is 31.8 Å². The fraction of sp³-hybridized carbons (Fsp3) is 0.278. The lowest BCUT2D eigenvalue weighted by Gasteiger charge is -2.19. The fourth-order valence-electron chi connectivity index (χ4n) is 2.69. The van der Waals surface area contributed by atoms with Gasteiger partial charge >= 0.3 is 5.97 Å². The molecule has 1 aliphatic carbocycles. The van der Waals surface area contributed by atoms with E-state index in [2.05, 4.69) is 0 Å². The van der Waals surface area contributed by atoms with Gasteiger partial charge in [0, 0.05) is 6.07 Å². The average molecular weight is 369 g/mol. The van der Waals surface area contributed by atoms with Gasteiger partial charge in [0.2, 0.25) is 0 Å². The van der Waals surface area contributed by atoms with E-state index < -0.39 is 17.9 Å². The zero-order valence-electron chi connectivity index (χ0n) is 12.9. The molecular weight excluding hydrogens is 354 g/mol. The van der Waals surface area contributed by atoms with Gasteiger partial charge in [-0.25, -0.2) is 9.18 Å². The number of carbonyl (C=O) groups is 1. The molecule has 0 saturated heterocycles. The first-order valence-electron chi connectivity index (χ1n) is 7.55. The summed E-state index contributed by atoms with van der Waals surface area (Å²) in [6.07, 6.45) is 1.49. The Balaban J connectivity index is 1.93. The Bertz CT molecular complexity index is 803. The van der Waals surface area contributed by atoms with E-state index in [0.717, 1.165) is 18.4 Å². The van der Waals surface area contributed by atoms with Crippen LogP contribution in [0.2, 0.25) is 10.0 Å². The smallest absolute Gasteiger partial charge is 0.338 e. The van der Waals surface area contributed by atoms with Crippen LogP contribution in [-0.2, 0) is 0 Å². The number of halogens is 3. The second-order valence-corrected chi connectivity index (χ2v) is 6.69. The van der Waals surface area contributed by atoms with Crippen LogP contribution in [0, 0.1) is 5.82 Å². The molecule has 0 amide bonds. The second kappa shape index (κ2) is 6.61. The van der Waals surface area contributed by atoms with Gasteiger partial charge < -0.3 is 9.84 Å². The zero-order chi connectivity index (χ0) is 17.4. The van der Waals surface area contributed by atoms with Gasteiger partial charge in [-0.1, -0.05) is 23.2 Å². The van der Waals surface area contributed by atoms with E-state index in [1.807, 2.05) is 0 Å². The molecule has 1 fully saturated rings. The summed E-state index contributed by atoms with van der Waals surface area (Å²) in [5, 5.41) is 9.91. The van der Waals surface area contributed by atoms with Gasteiger partial charge in [0.05, 0.1) is 15.6 Å². The van der Waals surface area contributed by atoms with E-state index in [1.165, 1.54) is 12.1 Å². The molecule has 0 aliphatic heterocycles. The first kappa shape index (κ1) is 17.1.